The van der Waals surface area contributed by atoms with Gasteiger partial charge >= 0.3 is 7.12 Å². The van der Waals surface area contributed by atoms with Crippen molar-refractivity contribution in [3.63, 3.8) is 0 Å². The Kier molecular flexibility index (Phi) is 6.09. The van der Waals surface area contributed by atoms with E-state index in [1.165, 1.54) is 10.8 Å². The molecule has 4 heteroatoms. The van der Waals surface area contributed by atoms with Gasteiger partial charge in [0.05, 0.1) is 19.3 Å². The van der Waals surface area contributed by atoms with E-state index in [9.17, 15) is 0 Å². The third-order valence-electron chi connectivity index (χ3n) is 6.30. The smallest absolute Gasteiger partial charge is 0.399 e. The van der Waals surface area contributed by atoms with E-state index in [-0.39, 0.29) is 18.3 Å². The zero-order chi connectivity index (χ0) is 21.3. The minimum Gasteiger partial charge on any atom is -0.399 e. The topological polar surface area (TPSA) is 18.5 Å². The van der Waals surface area contributed by atoms with E-state index in [1.54, 1.807) is 0 Å². The van der Waals surface area contributed by atoms with Crippen LogP contribution < -0.4 is 5.46 Å². The van der Waals surface area contributed by atoms with Gasteiger partial charge in [-0.15, -0.1) is 0 Å². The Bertz CT molecular complexity index is 867. The van der Waals surface area contributed by atoms with Crippen LogP contribution in [-0.4, -0.2) is 26.4 Å². The summed E-state index contributed by atoms with van der Waals surface area (Å²) in [6, 6.07) is 20.2. The summed E-state index contributed by atoms with van der Waals surface area (Å²) >= 11 is 0. The number of hydrogen-bond acceptors (Lipinski definition) is 2. The summed E-state index contributed by atoms with van der Waals surface area (Å²) in [6.45, 7) is 17.5. The Morgan fingerprint density at radius 3 is 2.03 bits per heavy atom. The maximum atomic E-state index is 6.14. The predicted molar refractivity (Wildman–Crippen MR) is 128 cm³/mol. The molecule has 1 aliphatic rings. The van der Waals surface area contributed by atoms with Gasteiger partial charge in [0, 0.05) is 0 Å². The van der Waals surface area contributed by atoms with Crippen LogP contribution in [0, 0.1) is 0 Å². The molecule has 2 aromatic carbocycles. The minimum absolute atomic E-state index is 0.315. The van der Waals surface area contributed by atoms with Gasteiger partial charge in [0.15, 0.2) is 0 Å². The molecule has 3 rings (SSSR count). The molecule has 0 bridgehead atoms. The fourth-order valence-electron chi connectivity index (χ4n) is 3.39. The van der Waals surface area contributed by atoms with Gasteiger partial charge in [0.1, 0.15) is 0 Å². The summed E-state index contributed by atoms with van der Waals surface area (Å²) in [4.78, 5) is 0. The van der Waals surface area contributed by atoms with E-state index >= 15 is 0 Å². The summed E-state index contributed by atoms with van der Waals surface area (Å²) in [5, 5.41) is 1.26. The van der Waals surface area contributed by atoms with Gasteiger partial charge in [-0.2, -0.15) is 0 Å². The molecular formula is C25H33BO2Si. The Balaban J connectivity index is 1.65. The highest BCUT2D eigenvalue weighted by Gasteiger charge is 2.51. The molecule has 0 aliphatic carbocycles. The van der Waals surface area contributed by atoms with E-state index in [0.717, 1.165) is 17.1 Å². The lowest BCUT2D eigenvalue weighted by molar-refractivity contribution is 0.00578. The highest BCUT2D eigenvalue weighted by molar-refractivity contribution is 6.84. The minimum atomic E-state index is -1.59. The van der Waals surface area contributed by atoms with Gasteiger partial charge < -0.3 is 9.31 Å². The summed E-state index contributed by atoms with van der Waals surface area (Å²) in [5.41, 5.74) is 2.98. The molecule has 0 amide bonds. The highest BCUT2D eigenvalue weighted by Crippen LogP contribution is 2.36. The summed E-state index contributed by atoms with van der Waals surface area (Å²) in [6.07, 6.45) is 4.36. The normalized spacial score (nSPS) is 18.3. The quantitative estimate of drug-likeness (QED) is 0.462. The van der Waals surface area contributed by atoms with Gasteiger partial charge in [0.2, 0.25) is 0 Å². The summed E-state index contributed by atoms with van der Waals surface area (Å²) in [5.74, 6) is 0. The van der Waals surface area contributed by atoms with E-state index in [2.05, 4.69) is 114 Å². The van der Waals surface area contributed by atoms with E-state index in [1.807, 2.05) is 0 Å². The van der Waals surface area contributed by atoms with Crippen molar-refractivity contribution in [2.45, 2.75) is 58.0 Å². The van der Waals surface area contributed by atoms with Crippen molar-refractivity contribution in [2.75, 3.05) is 0 Å². The molecule has 0 radical (unpaired) electrons. The van der Waals surface area contributed by atoms with E-state index in [0.29, 0.717) is 0 Å². The van der Waals surface area contributed by atoms with Crippen LogP contribution in [0.2, 0.25) is 13.1 Å². The Morgan fingerprint density at radius 2 is 1.48 bits per heavy atom. The second kappa shape index (κ2) is 8.10. The first-order chi connectivity index (χ1) is 13.5. The maximum Gasteiger partial charge on any atom is 0.494 e. The van der Waals surface area contributed by atoms with Crippen molar-refractivity contribution >= 4 is 26.7 Å². The molecule has 2 aromatic rings. The van der Waals surface area contributed by atoms with Crippen LogP contribution in [0.5, 0.6) is 0 Å². The van der Waals surface area contributed by atoms with Crippen molar-refractivity contribution in [2.24, 2.45) is 0 Å². The van der Waals surface area contributed by atoms with Crippen LogP contribution in [0.1, 0.15) is 38.8 Å². The fraction of sp³-hybridized carbons (Fsp3) is 0.360. The Labute approximate surface area is 177 Å². The molecule has 1 fully saturated rings. The third kappa shape index (κ3) is 5.00. The largest absolute Gasteiger partial charge is 0.494 e. The van der Waals surface area contributed by atoms with Gasteiger partial charge in [-0.1, -0.05) is 97.2 Å². The number of rotatable bonds is 6. The lowest BCUT2D eigenvalue weighted by Crippen LogP contribution is -2.41. The maximum absolute atomic E-state index is 6.14. The molecule has 0 aromatic heterocycles. The lowest BCUT2D eigenvalue weighted by Gasteiger charge is -2.32. The SMILES string of the molecule is C=C(/C=C/c1ccc(B2OC(C)(C)C(C)(C)O2)cc1)[Si](C)(C)Cc1ccccc1. The van der Waals surface area contributed by atoms with Crippen LogP contribution in [0.25, 0.3) is 6.08 Å². The van der Waals surface area contributed by atoms with Crippen molar-refractivity contribution in [3.05, 3.63) is 83.6 Å². The van der Waals surface area contributed by atoms with Crippen molar-refractivity contribution < 1.29 is 9.31 Å². The molecule has 0 N–H and O–H groups in total. The molecule has 152 valence electrons. The standard InChI is InChI=1S/C25H33BO2Si/c1-20(29(6,7)19-22-11-9-8-10-12-22)13-14-21-15-17-23(18-16-21)26-27-24(2,3)25(4,5)28-26/h8-18H,1,19H2,2-7H3/b14-13+. The highest BCUT2D eigenvalue weighted by atomic mass is 28.3. The van der Waals surface area contributed by atoms with Gasteiger partial charge in [0.25, 0.3) is 0 Å². The molecular weight excluding hydrogens is 371 g/mol. The van der Waals surface area contributed by atoms with Crippen molar-refractivity contribution in [1.29, 1.82) is 0 Å². The van der Waals surface area contributed by atoms with Crippen LogP contribution in [0.3, 0.4) is 0 Å². The number of allylic oxidation sites excluding steroid dienone is 2. The summed E-state index contributed by atoms with van der Waals surface area (Å²) in [7, 11) is -1.90. The van der Waals surface area contributed by atoms with Gasteiger partial charge in [-0.05, 0) is 44.8 Å². The Morgan fingerprint density at radius 1 is 0.931 bits per heavy atom. The molecule has 0 saturated carbocycles. The van der Waals surface area contributed by atoms with Crippen LogP contribution >= 0.6 is 0 Å². The number of benzene rings is 2. The average Bonchev–Trinajstić information content (AvgIpc) is 2.88. The lowest BCUT2D eigenvalue weighted by atomic mass is 9.79. The van der Waals surface area contributed by atoms with E-state index < -0.39 is 8.07 Å². The van der Waals surface area contributed by atoms with E-state index in [4.69, 9.17) is 9.31 Å². The predicted octanol–water partition coefficient (Wildman–Crippen LogP) is 5.58. The first-order valence-corrected chi connectivity index (χ1v) is 13.6. The monoisotopic (exact) mass is 404 g/mol. The van der Waals surface area contributed by atoms with Gasteiger partial charge in [-0.3, -0.25) is 0 Å². The fourth-order valence-corrected chi connectivity index (χ4v) is 5.40. The molecule has 1 heterocycles. The zero-order valence-corrected chi connectivity index (χ0v) is 19.7. The molecule has 29 heavy (non-hydrogen) atoms. The first-order valence-electron chi connectivity index (χ1n) is 10.4. The first kappa shape index (κ1) is 21.8. The molecule has 0 unspecified atom stereocenters. The van der Waals surface area contributed by atoms with Crippen LogP contribution in [0.15, 0.2) is 72.4 Å². The van der Waals surface area contributed by atoms with Crippen LogP contribution in [0.4, 0.5) is 0 Å². The molecule has 0 spiro atoms. The molecule has 1 aliphatic heterocycles. The molecule has 0 atom stereocenters. The average molecular weight is 404 g/mol. The summed E-state index contributed by atoms with van der Waals surface area (Å²) < 4.78 is 12.3. The second-order valence-corrected chi connectivity index (χ2v) is 14.4. The molecule has 2 nitrogen and oxygen atoms in total. The van der Waals surface area contributed by atoms with Gasteiger partial charge in [-0.25, -0.2) is 0 Å². The second-order valence-electron chi connectivity index (χ2n) is 9.66. The zero-order valence-electron chi connectivity index (χ0n) is 18.7. The number of hydrogen-bond donors (Lipinski definition) is 0. The van der Waals surface area contributed by atoms with Crippen molar-refractivity contribution in [3.8, 4) is 0 Å². The van der Waals surface area contributed by atoms with Crippen LogP contribution in [-0.2, 0) is 15.4 Å². The molecule has 1 saturated heterocycles. The van der Waals surface area contributed by atoms with Crippen molar-refractivity contribution in [1.82, 2.24) is 0 Å². The third-order valence-corrected chi connectivity index (χ3v) is 9.49. The Hall–Kier alpha value is -1.88.